The second-order valence-electron chi connectivity index (χ2n) is 7.64. The molecule has 0 bridgehead atoms. The van der Waals surface area contributed by atoms with Crippen molar-refractivity contribution in [3.8, 4) is 11.8 Å². The Morgan fingerprint density at radius 1 is 1.38 bits per heavy atom. The quantitative estimate of drug-likeness (QED) is 0.224. The van der Waals surface area contributed by atoms with Crippen molar-refractivity contribution in [1.29, 1.82) is 0 Å². The average molecular weight is 417 g/mol. The topological polar surface area (TPSA) is 75.6 Å². The second kappa shape index (κ2) is 11.4. The molecule has 1 aromatic rings. The summed E-state index contributed by atoms with van der Waals surface area (Å²) < 4.78 is 10.9. The summed E-state index contributed by atoms with van der Waals surface area (Å²) in [5.41, 5.74) is 5.25. The molecule has 1 aliphatic rings. The van der Waals surface area contributed by atoms with Crippen molar-refractivity contribution in [3.63, 3.8) is 0 Å². The first kappa shape index (κ1) is 23.5. The Bertz CT molecular complexity index is 765. The summed E-state index contributed by atoms with van der Waals surface area (Å²) >= 11 is -1.37. The van der Waals surface area contributed by atoms with E-state index in [9.17, 15) is 9.35 Å². The van der Waals surface area contributed by atoms with Crippen LogP contribution in [0.1, 0.15) is 57.1 Å². The summed E-state index contributed by atoms with van der Waals surface area (Å²) in [5.74, 6) is 5.84. The maximum atomic E-state index is 12.0. The molecule has 2 N–H and O–H groups in total. The molecule has 5 nitrogen and oxygen atoms in total. The van der Waals surface area contributed by atoms with E-state index in [-0.39, 0.29) is 0 Å². The van der Waals surface area contributed by atoms with Crippen molar-refractivity contribution >= 4 is 22.7 Å². The van der Waals surface area contributed by atoms with Gasteiger partial charge in [0.05, 0.1) is 6.26 Å². The van der Waals surface area contributed by atoms with Gasteiger partial charge >= 0.3 is 0 Å². The SMILES string of the molecule is CCCCC#Cc1ccc(C2=CCN(CCC(C)(C(=O)NO)[S+](C)[O-])CC2)cc1. The summed E-state index contributed by atoms with van der Waals surface area (Å²) in [6.07, 6.45) is 8.34. The highest BCUT2D eigenvalue weighted by Crippen LogP contribution is 2.25. The van der Waals surface area contributed by atoms with E-state index in [1.807, 2.05) is 0 Å². The molecular formula is C23H32N2O3S. The van der Waals surface area contributed by atoms with Gasteiger partial charge in [0.15, 0.2) is 0 Å². The van der Waals surface area contributed by atoms with Gasteiger partial charge in [-0.25, -0.2) is 5.48 Å². The highest BCUT2D eigenvalue weighted by Gasteiger charge is 2.42. The van der Waals surface area contributed by atoms with Gasteiger partial charge in [0.2, 0.25) is 4.75 Å². The van der Waals surface area contributed by atoms with Gasteiger partial charge in [0.1, 0.15) is 0 Å². The van der Waals surface area contributed by atoms with E-state index in [4.69, 9.17) is 5.21 Å². The molecule has 0 saturated heterocycles. The molecule has 2 atom stereocenters. The van der Waals surface area contributed by atoms with E-state index >= 15 is 0 Å². The normalized spacial score (nSPS) is 17.5. The van der Waals surface area contributed by atoms with Gasteiger partial charge in [-0.15, -0.1) is 0 Å². The lowest BCUT2D eigenvalue weighted by Gasteiger charge is -2.32. The number of nitrogens with one attached hydrogen (secondary N) is 1. The van der Waals surface area contributed by atoms with Crippen molar-refractivity contribution in [2.45, 2.75) is 50.7 Å². The molecular weight excluding hydrogens is 384 g/mol. The molecule has 2 rings (SSSR count). The van der Waals surface area contributed by atoms with Gasteiger partial charge in [-0.05, 0) is 54.2 Å². The molecule has 0 spiro atoms. The third-order valence-corrected chi connectivity index (χ3v) is 7.22. The maximum Gasteiger partial charge on any atom is 0.299 e. The number of benzene rings is 1. The average Bonchev–Trinajstić information content (AvgIpc) is 2.75. The minimum atomic E-state index is -1.37. The zero-order valence-corrected chi connectivity index (χ0v) is 18.5. The van der Waals surface area contributed by atoms with Crippen LogP contribution in [0, 0.1) is 11.8 Å². The van der Waals surface area contributed by atoms with Crippen LogP contribution < -0.4 is 5.48 Å². The van der Waals surface area contributed by atoms with Crippen molar-refractivity contribution in [3.05, 3.63) is 41.5 Å². The minimum absolute atomic E-state index is 0.428. The zero-order chi connectivity index (χ0) is 21.3. The summed E-state index contributed by atoms with van der Waals surface area (Å²) in [5, 5.41) is 8.94. The summed E-state index contributed by atoms with van der Waals surface area (Å²) in [6, 6.07) is 8.43. The van der Waals surface area contributed by atoms with E-state index < -0.39 is 21.8 Å². The molecule has 6 heteroatoms. The van der Waals surface area contributed by atoms with Crippen LogP contribution in [0.2, 0.25) is 0 Å². The first-order chi connectivity index (χ1) is 13.9. The van der Waals surface area contributed by atoms with E-state index in [0.29, 0.717) is 13.0 Å². The van der Waals surface area contributed by atoms with Gasteiger partial charge in [-0.3, -0.25) is 14.9 Å². The Kier molecular flexibility index (Phi) is 9.25. The predicted molar refractivity (Wildman–Crippen MR) is 119 cm³/mol. The number of hydrogen-bond donors (Lipinski definition) is 2. The lowest BCUT2D eigenvalue weighted by molar-refractivity contribution is -0.131. The van der Waals surface area contributed by atoms with Crippen LogP contribution in [-0.2, 0) is 16.0 Å². The molecule has 158 valence electrons. The van der Waals surface area contributed by atoms with Crippen LogP contribution in [0.25, 0.3) is 5.57 Å². The fourth-order valence-corrected chi connectivity index (χ4v) is 3.94. The highest BCUT2D eigenvalue weighted by atomic mass is 32.2. The third-order valence-electron chi connectivity index (χ3n) is 5.56. The predicted octanol–water partition coefficient (Wildman–Crippen LogP) is 3.35. The van der Waals surface area contributed by atoms with E-state index in [2.05, 4.69) is 54.0 Å². The van der Waals surface area contributed by atoms with E-state index in [0.717, 1.165) is 37.9 Å². The molecule has 0 aliphatic carbocycles. The number of hydrogen-bond acceptors (Lipinski definition) is 4. The fourth-order valence-electron chi connectivity index (χ4n) is 3.25. The van der Waals surface area contributed by atoms with Gasteiger partial charge < -0.3 is 4.55 Å². The molecule has 0 saturated carbocycles. The molecule has 1 amide bonds. The molecule has 1 aromatic carbocycles. The van der Waals surface area contributed by atoms with Gasteiger partial charge in [0, 0.05) is 38.0 Å². The third kappa shape index (κ3) is 6.61. The van der Waals surface area contributed by atoms with Crippen molar-refractivity contribution in [2.24, 2.45) is 0 Å². The van der Waals surface area contributed by atoms with Crippen LogP contribution in [0.3, 0.4) is 0 Å². The number of unbranched alkanes of at least 4 members (excludes halogenated alkanes) is 2. The lowest BCUT2D eigenvalue weighted by Crippen LogP contribution is -2.51. The van der Waals surface area contributed by atoms with Crippen molar-refractivity contribution in [1.82, 2.24) is 10.4 Å². The molecule has 29 heavy (non-hydrogen) atoms. The molecule has 2 unspecified atom stereocenters. The Morgan fingerprint density at radius 2 is 2.10 bits per heavy atom. The molecule has 0 aromatic heterocycles. The Balaban J connectivity index is 1.91. The van der Waals surface area contributed by atoms with Crippen LogP contribution in [0.5, 0.6) is 0 Å². The summed E-state index contributed by atoms with van der Waals surface area (Å²) in [4.78, 5) is 14.2. The van der Waals surface area contributed by atoms with Crippen LogP contribution in [-0.4, -0.2) is 51.2 Å². The van der Waals surface area contributed by atoms with Crippen LogP contribution in [0.4, 0.5) is 0 Å². The van der Waals surface area contributed by atoms with Crippen LogP contribution >= 0.6 is 0 Å². The molecule has 0 fully saturated rings. The van der Waals surface area contributed by atoms with E-state index in [1.54, 1.807) is 12.4 Å². The largest absolute Gasteiger partial charge is 0.616 e. The first-order valence-corrected chi connectivity index (χ1v) is 11.7. The number of nitrogens with zero attached hydrogens (tertiary/aromatic N) is 1. The van der Waals surface area contributed by atoms with Gasteiger partial charge in [-0.1, -0.05) is 43.4 Å². The summed E-state index contributed by atoms with van der Waals surface area (Å²) in [7, 11) is 0. The molecule has 1 heterocycles. The fraction of sp³-hybridized carbons (Fsp3) is 0.522. The van der Waals surface area contributed by atoms with Crippen LogP contribution in [0.15, 0.2) is 30.3 Å². The lowest BCUT2D eigenvalue weighted by atomic mass is 9.98. The maximum absolute atomic E-state index is 12.0. The van der Waals surface area contributed by atoms with Crippen molar-refractivity contribution in [2.75, 3.05) is 25.9 Å². The second-order valence-corrected chi connectivity index (χ2v) is 9.45. The molecule has 0 radical (unpaired) electrons. The first-order valence-electron chi connectivity index (χ1n) is 10.2. The number of amides is 1. The Morgan fingerprint density at radius 3 is 2.66 bits per heavy atom. The molecule has 1 aliphatic heterocycles. The number of hydroxylamine groups is 1. The smallest absolute Gasteiger partial charge is 0.299 e. The number of carbonyl (C=O) groups excluding carboxylic acids is 1. The van der Waals surface area contributed by atoms with E-state index in [1.165, 1.54) is 23.8 Å². The van der Waals surface area contributed by atoms with Gasteiger partial charge in [-0.2, -0.15) is 0 Å². The monoisotopic (exact) mass is 416 g/mol. The van der Waals surface area contributed by atoms with Gasteiger partial charge in [0.25, 0.3) is 5.91 Å². The standard InChI is InChI=1S/C23H32N2O3S/c1-4-5-6-7-8-19-9-11-20(12-10-19)21-13-16-25(17-14-21)18-15-23(2,29(3)28)22(26)24-27/h9-13,27H,4-6,14-18H2,1-3H3,(H,24,26). The Hall–Kier alpha value is -1.78. The summed E-state index contributed by atoms with van der Waals surface area (Å²) in [6.45, 7) is 6.13. The minimum Gasteiger partial charge on any atom is -0.616 e. The van der Waals surface area contributed by atoms with Crippen molar-refractivity contribution < 1.29 is 14.6 Å². The zero-order valence-electron chi connectivity index (χ0n) is 17.7. The number of carbonyl (C=O) groups is 1. The number of rotatable bonds is 8. The highest BCUT2D eigenvalue weighted by molar-refractivity contribution is 7.92. The Labute approximate surface area is 177 Å².